The monoisotopic (exact) mass is 385 g/mol. The lowest BCUT2D eigenvalue weighted by Crippen LogP contribution is -2.47. The van der Waals surface area contributed by atoms with Crippen molar-refractivity contribution in [3.63, 3.8) is 0 Å². The van der Waals surface area contributed by atoms with Crippen molar-refractivity contribution in [2.45, 2.75) is 38.2 Å². The predicted molar refractivity (Wildman–Crippen MR) is 115 cm³/mol. The highest BCUT2D eigenvalue weighted by atomic mass is 16.6. The molecule has 1 atom stereocenters. The molecule has 1 heterocycles. The Hall–Kier alpha value is -1.66. The molecule has 1 aromatic rings. The Morgan fingerprint density at radius 2 is 1.89 bits per heavy atom. The van der Waals surface area contributed by atoms with E-state index in [-0.39, 0.29) is 0 Å². The van der Waals surface area contributed by atoms with Gasteiger partial charge in [0.2, 0.25) is 0 Å². The van der Waals surface area contributed by atoms with Gasteiger partial charge >= 0.3 is 0 Å². The Labute approximate surface area is 169 Å². The molecule has 28 heavy (non-hydrogen) atoms. The fraction of sp³-hybridized carbons (Fsp3) is 0.565. The third kappa shape index (κ3) is 7.06. The number of rotatable bonds is 7. The Kier molecular flexibility index (Phi) is 8.55. The number of aliphatic hydroxyl groups excluding tert-OH is 1. The molecule has 2 N–H and O–H groups in total. The molecule has 0 saturated carbocycles. The molecule has 1 aliphatic heterocycles. The number of nitrogens with one attached hydrogen (secondary N) is 1. The van der Waals surface area contributed by atoms with Gasteiger partial charge in [-0.2, -0.15) is 0 Å². The number of hydrogen-bond donors (Lipinski definition) is 2. The van der Waals surface area contributed by atoms with E-state index in [4.69, 9.17) is 4.84 Å². The predicted octanol–water partition coefficient (Wildman–Crippen LogP) is 3.05. The summed E-state index contributed by atoms with van der Waals surface area (Å²) < 4.78 is 0. The minimum absolute atomic E-state index is 0.294. The maximum Gasteiger partial charge on any atom is 0.102 e. The first-order valence-electron chi connectivity index (χ1n) is 10.6. The molecule has 154 valence electrons. The average molecular weight is 386 g/mol. The van der Waals surface area contributed by atoms with E-state index in [1.807, 2.05) is 6.07 Å². The Morgan fingerprint density at radius 3 is 2.68 bits per heavy atom. The second kappa shape index (κ2) is 11.4. The van der Waals surface area contributed by atoms with Gasteiger partial charge in [0.1, 0.15) is 6.61 Å². The van der Waals surface area contributed by atoms with E-state index in [0.717, 1.165) is 44.7 Å². The van der Waals surface area contributed by atoms with E-state index in [1.165, 1.54) is 30.4 Å². The number of nitrogens with zero attached hydrogens (tertiary/aromatic N) is 2. The summed E-state index contributed by atoms with van der Waals surface area (Å²) in [6, 6.07) is 10.4. The highest BCUT2D eigenvalue weighted by Crippen LogP contribution is 2.23. The van der Waals surface area contributed by atoms with E-state index >= 15 is 0 Å². The molecule has 5 nitrogen and oxygen atoms in total. The van der Waals surface area contributed by atoms with Crippen LogP contribution in [0.25, 0.3) is 6.08 Å². The van der Waals surface area contributed by atoms with Gasteiger partial charge in [-0.15, -0.1) is 0 Å². The summed E-state index contributed by atoms with van der Waals surface area (Å²) >= 11 is 0. The third-order valence-electron chi connectivity index (χ3n) is 5.51. The first-order chi connectivity index (χ1) is 13.7. The van der Waals surface area contributed by atoms with Gasteiger partial charge in [0, 0.05) is 32.7 Å². The summed E-state index contributed by atoms with van der Waals surface area (Å²) in [5.41, 5.74) is 6.68. The molecule has 0 spiro atoms. The lowest BCUT2D eigenvalue weighted by atomic mass is 9.97. The summed E-state index contributed by atoms with van der Waals surface area (Å²) in [5, 5.41) is 10.3. The van der Waals surface area contributed by atoms with Crippen LogP contribution < -0.4 is 5.48 Å². The summed E-state index contributed by atoms with van der Waals surface area (Å²) in [7, 11) is 2.14. The van der Waals surface area contributed by atoms with Crippen LogP contribution in [-0.2, 0) is 4.84 Å². The number of hydrogen-bond acceptors (Lipinski definition) is 5. The van der Waals surface area contributed by atoms with Crippen molar-refractivity contribution < 1.29 is 9.94 Å². The van der Waals surface area contributed by atoms with Crippen molar-refractivity contribution in [2.24, 2.45) is 0 Å². The van der Waals surface area contributed by atoms with Crippen LogP contribution in [-0.4, -0.2) is 67.4 Å². The molecule has 0 unspecified atom stereocenters. The Balaban J connectivity index is 1.52. The highest BCUT2D eigenvalue weighted by molar-refractivity contribution is 5.57. The van der Waals surface area contributed by atoms with Gasteiger partial charge in [-0.3, -0.25) is 15.2 Å². The van der Waals surface area contributed by atoms with Crippen molar-refractivity contribution in [3.05, 3.63) is 53.2 Å². The molecule has 0 bridgehead atoms. The Morgan fingerprint density at radius 1 is 1.11 bits per heavy atom. The van der Waals surface area contributed by atoms with Crippen LogP contribution >= 0.6 is 0 Å². The van der Waals surface area contributed by atoms with E-state index in [9.17, 15) is 5.11 Å². The Bertz CT molecular complexity index is 637. The highest BCUT2D eigenvalue weighted by Gasteiger charge is 2.17. The molecule has 2 aliphatic rings. The molecular weight excluding hydrogens is 350 g/mol. The van der Waals surface area contributed by atoms with Gasteiger partial charge in [0.05, 0.1) is 11.8 Å². The van der Waals surface area contributed by atoms with E-state index in [1.54, 1.807) is 0 Å². The maximum atomic E-state index is 10.3. The molecule has 1 fully saturated rings. The normalized spacial score (nSPS) is 22.4. The van der Waals surface area contributed by atoms with Crippen LogP contribution in [0.15, 0.2) is 47.7 Å². The maximum absolute atomic E-state index is 10.3. The minimum atomic E-state index is -0.480. The molecule has 1 aliphatic carbocycles. The summed E-state index contributed by atoms with van der Waals surface area (Å²) in [6.07, 6.45) is 9.78. The number of allylic oxidation sites excluding steroid dienone is 2. The lowest BCUT2D eigenvalue weighted by Gasteiger charge is -2.33. The van der Waals surface area contributed by atoms with Crippen molar-refractivity contribution in [1.29, 1.82) is 0 Å². The number of β-amino-alcohol motifs (C(OH)–C–C–N with tert-alkyl or cyclic N) is 1. The number of hydroxylamine groups is 1. The second-order valence-electron chi connectivity index (χ2n) is 7.97. The summed E-state index contributed by atoms with van der Waals surface area (Å²) in [4.78, 5) is 10.3. The zero-order valence-corrected chi connectivity index (χ0v) is 17.1. The number of aliphatic hydroxyl groups is 1. The molecule has 5 heteroatoms. The first-order valence-corrected chi connectivity index (χ1v) is 10.6. The average Bonchev–Trinajstić information content (AvgIpc) is 2.69. The summed E-state index contributed by atoms with van der Waals surface area (Å²) in [5.74, 6) is 0. The fourth-order valence-electron chi connectivity index (χ4n) is 3.75. The zero-order chi connectivity index (χ0) is 19.6. The van der Waals surface area contributed by atoms with Crippen LogP contribution in [0.5, 0.6) is 0 Å². The molecule has 0 aromatic heterocycles. The van der Waals surface area contributed by atoms with E-state index in [0.29, 0.717) is 13.2 Å². The van der Waals surface area contributed by atoms with Gasteiger partial charge in [-0.05, 0) is 49.9 Å². The smallest absolute Gasteiger partial charge is 0.102 e. The van der Waals surface area contributed by atoms with Gasteiger partial charge in [0.25, 0.3) is 0 Å². The quantitative estimate of drug-likeness (QED) is 0.707. The molecule has 0 radical (unpaired) electrons. The summed E-state index contributed by atoms with van der Waals surface area (Å²) in [6.45, 7) is 5.11. The SMILES string of the molecule is CN1CCN(C[C@H](O)CONC2=CCCCCCC2=Cc2ccccc2)CC1. The van der Waals surface area contributed by atoms with E-state index < -0.39 is 6.10 Å². The number of piperazine rings is 1. The van der Waals surface area contributed by atoms with Gasteiger partial charge < -0.3 is 10.0 Å². The topological polar surface area (TPSA) is 48.0 Å². The van der Waals surface area contributed by atoms with Crippen LogP contribution in [0.4, 0.5) is 0 Å². The van der Waals surface area contributed by atoms with Crippen molar-refractivity contribution in [1.82, 2.24) is 15.3 Å². The number of likely N-dealkylation sites (N-methyl/N-ethyl adjacent to an activating group) is 1. The fourth-order valence-corrected chi connectivity index (χ4v) is 3.75. The largest absolute Gasteiger partial charge is 0.389 e. The number of benzene rings is 1. The molecule has 3 rings (SSSR count). The van der Waals surface area contributed by atoms with Gasteiger partial charge in [-0.25, -0.2) is 0 Å². The lowest BCUT2D eigenvalue weighted by molar-refractivity contribution is -0.0222. The standard InChI is InChI=1S/C23H35N3O2/c1-25-13-15-26(16-14-25)18-22(27)19-28-24-23-12-8-3-2-7-11-21(23)17-20-9-5-4-6-10-20/h4-6,9-10,12,17,22,24,27H,2-3,7-8,11,13-16,18-19H2,1H3/t22-/m0/s1. The molecule has 0 amide bonds. The van der Waals surface area contributed by atoms with Crippen LogP contribution in [0.3, 0.4) is 0 Å². The van der Waals surface area contributed by atoms with Crippen LogP contribution in [0.2, 0.25) is 0 Å². The van der Waals surface area contributed by atoms with E-state index in [2.05, 4.69) is 58.7 Å². The molecular formula is C23H35N3O2. The minimum Gasteiger partial charge on any atom is -0.389 e. The third-order valence-corrected chi connectivity index (χ3v) is 5.51. The van der Waals surface area contributed by atoms with Gasteiger partial charge in [0.15, 0.2) is 0 Å². The van der Waals surface area contributed by atoms with Crippen molar-refractivity contribution in [2.75, 3.05) is 46.4 Å². The van der Waals surface area contributed by atoms with Crippen LogP contribution in [0.1, 0.15) is 37.7 Å². The van der Waals surface area contributed by atoms with Crippen molar-refractivity contribution >= 4 is 6.08 Å². The molecule has 1 saturated heterocycles. The second-order valence-corrected chi connectivity index (χ2v) is 7.97. The zero-order valence-electron chi connectivity index (χ0n) is 17.1. The van der Waals surface area contributed by atoms with Crippen LogP contribution in [0, 0.1) is 0 Å². The van der Waals surface area contributed by atoms with Crippen molar-refractivity contribution in [3.8, 4) is 0 Å². The first kappa shape index (κ1) is 21.1. The van der Waals surface area contributed by atoms with Gasteiger partial charge in [-0.1, -0.05) is 42.8 Å². The molecule has 1 aromatic carbocycles.